The van der Waals surface area contributed by atoms with Crippen molar-refractivity contribution >= 4 is 234 Å². The fourth-order valence-corrected chi connectivity index (χ4v) is 21.9. The van der Waals surface area contributed by atoms with Gasteiger partial charge in [0.1, 0.15) is 0 Å². The van der Waals surface area contributed by atoms with Crippen LogP contribution in [0.4, 0.5) is 0 Å². The minimum atomic E-state index is -0.864. The summed E-state index contributed by atoms with van der Waals surface area (Å²) >= 11 is 10.2. The first-order valence-corrected chi connectivity index (χ1v) is 41.7. The Morgan fingerprint density at radius 3 is 0.956 bits per heavy atom. The van der Waals surface area contributed by atoms with Crippen LogP contribution in [0.3, 0.4) is 0 Å². The van der Waals surface area contributed by atoms with E-state index in [0.29, 0.717) is 27.8 Å². The molecule has 14 heteroatoms. The Hall–Kier alpha value is -10.1. The van der Waals surface area contributed by atoms with Crippen molar-refractivity contribution in [2.45, 2.75) is 75.2 Å². The third-order valence-corrected chi connectivity index (χ3v) is 26.6. The maximum atomic E-state index is 13.7. The SMILES string of the molecule is C#CC.CC#Cc1c2ccc3c4ccccc4sc3c2c(C#CC)c2ccc3c4ccccc4sc3c12.CCN(CC)C(=O)c1cccc2c1sc1ccccc12.C[C-](C)C.O=C(O)c1cccc2c1sc1ccccc12.O=C1c2ccc3c(sc4ccccc43)c2C(=O)c2ccc3c(sc4ccccc43)c21.[CH2-]CCC.[Li+].[Li+]. The van der Waals surface area contributed by atoms with Gasteiger partial charge in [-0.05, 0) is 95.3 Å². The fraction of sp³-hybridized carbons (Fsp3) is 0.131. The van der Waals surface area contributed by atoms with Crippen LogP contribution in [0.2, 0.25) is 0 Å². The second kappa shape index (κ2) is 36.3. The molecule has 0 fully saturated rings. The summed E-state index contributed by atoms with van der Waals surface area (Å²) in [6, 6.07) is 78.2. The molecule has 1 amide bonds. The summed E-state index contributed by atoms with van der Waals surface area (Å²) in [5.41, 5.74) is 5.62. The van der Waals surface area contributed by atoms with E-state index in [1.54, 1.807) is 53.1 Å². The zero-order valence-corrected chi connectivity index (χ0v) is 69.9. The number of carboxylic acid groups (broad SMARTS) is 1. The van der Waals surface area contributed by atoms with Crippen molar-refractivity contribution in [3.63, 3.8) is 0 Å². The Kier molecular flexibility index (Phi) is 26.5. The molecule has 6 heterocycles. The fourth-order valence-electron chi connectivity index (χ4n) is 14.5. The molecule has 0 atom stereocenters. The Morgan fingerprint density at radius 2 is 0.646 bits per heavy atom. The summed E-state index contributed by atoms with van der Waals surface area (Å²) in [5, 5.41) is 28.1. The minimum absolute atomic E-state index is 0. The van der Waals surface area contributed by atoms with E-state index in [4.69, 9.17) is 5.11 Å². The second-order valence-corrected chi connectivity index (χ2v) is 33.3. The van der Waals surface area contributed by atoms with Gasteiger partial charge in [0.25, 0.3) is 5.91 Å². The molecule has 6 aromatic heterocycles. The van der Waals surface area contributed by atoms with Crippen molar-refractivity contribution in [3.05, 3.63) is 288 Å². The predicted octanol–water partition coefficient (Wildman–Crippen LogP) is 22.8. The number of thiophene rings is 6. The van der Waals surface area contributed by atoms with Gasteiger partial charge in [-0.15, -0.1) is 92.2 Å². The van der Waals surface area contributed by atoms with E-state index in [2.05, 4.69) is 186 Å². The van der Waals surface area contributed by atoms with Gasteiger partial charge in [-0.3, -0.25) is 14.4 Å². The number of aromatic carboxylic acids is 1. The number of rotatable bonds is 5. The zero-order valence-electron chi connectivity index (χ0n) is 65.0. The van der Waals surface area contributed by atoms with Crippen molar-refractivity contribution in [3.8, 4) is 36.0 Å². The van der Waals surface area contributed by atoms with Gasteiger partial charge in [0.15, 0.2) is 11.6 Å². The first-order valence-electron chi connectivity index (χ1n) is 36.9. The van der Waals surface area contributed by atoms with Gasteiger partial charge in [-0.1, -0.05) is 195 Å². The Balaban J connectivity index is 0.000000137. The maximum Gasteiger partial charge on any atom is 1.00 e. The third-order valence-electron chi connectivity index (χ3n) is 19.3. The maximum absolute atomic E-state index is 13.7. The Morgan fingerprint density at radius 1 is 0.389 bits per heavy atom. The topological polar surface area (TPSA) is 91.8 Å². The van der Waals surface area contributed by atoms with Crippen LogP contribution in [0.15, 0.2) is 231 Å². The molecule has 0 saturated carbocycles. The van der Waals surface area contributed by atoms with Gasteiger partial charge in [0.05, 0.1) is 27.0 Å². The molecule has 1 aliphatic carbocycles. The van der Waals surface area contributed by atoms with Crippen LogP contribution in [-0.4, -0.2) is 46.5 Å². The molecular weight excluding hydrogens is 1490 g/mol. The number of benzene rings is 13. The number of nitrogens with zero attached hydrogens (tertiary/aromatic N) is 1. The van der Waals surface area contributed by atoms with Crippen LogP contribution in [0.5, 0.6) is 0 Å². The van der Waals surface area contributed by atoms with E-state index < -0.39 is 5.97 Å². The summed E-state index contributed by atoms with van der Waals surface area (Å²) in [4.78, 5) is 52.9. The summed E-state index contributed by atoms with van der Waals surface area (Å²) in [6.45, 7) is 23.0. The van der Waals surface area contributed by atoms with E-state index in [-0.39, 0.29) is 55.2 Å². The average molecular weight is 1570 g/mol. The molecule has 0 radical (unpaired) electrons. The number of unbranched alkanes of at least 4 members (excludes halogenated alkanes) is 1. The van der Waals surface area contributed by atoms with Crippen LogP contribution < -0.4 is 37.7 Å². The molecule has 0 spiro atoms. The Labute approximate surface area is 706 Å². The van der Waals surface area contributed by atoms with Crippen molar-refractivity contribution in [2.24, 2.45) is 0 Å². The van der Waals surface area contributed by atoms with Crippen LogP contribution in [0, 0.1) is 48.9 Å². The van der Waals surface area contributed by atoms with Crippen LogP contribution >= 0.6 is 68.0 Å². The monoisotopic (exact) mass is 1570 g/mol. The normalized spacial score (nSPS) is 11.2. The second-order valence-electron chi connectivity index (χ2n) is 27.0. The number of terminal acetylenes is 1. The molecule has 113 heavy (non-hydrogen) atoms. The first-order chi connectivity index (χ1) is 54.1. The number of carbonyl (C=O) groups excluding carboxylic acids is 3. The number of fused-ring (bicyclic) bond motifs is 26. The molecule has 546 valence electrons. The average Bonchev–Trinajstić information content (AvgIpc) is 1.65. The molecular formula is C99H77Li2NO5S6. The number of carboxylic acids is 1. The molecule has 0 saturated heterocycles. The van der Waals surface area contributed by atoms with Gasteiger partial charge in [-0.25, -0.2) is 4.79 Å². The summed E-state index contributed by atoms with van der Waals surface area (Å²) in [5.74, 6) is 16.3. The summed E-state index contributed by atoms with van der Waals surface area (Å²) in [7, 11) is 0. The van der Waals surface area contributed by atoms with E-state index in [1.165, 1.54) is 101 Å². The molecule has 19 aromatic rings. The third kappa shape index (κ3) is 15.6. The Bertz CT molecular complexity index is 6800. The standard InChI is InChI=1S/C32H18S2.C26H12O2S2.C17H17NOS.C13H8O2S.2C4H9.C3H4.2Li/c1-3-9-21-23-15-17-26-20-12-6-8-14-28(20)34-32(26)30(23)22(10-4-2)24-16-18-25-19-11-5-7-13-27(19)33-31(25)29(21)24;27-23-18-12-10-16-14-6-2-4-8-20(14)30-26(16)22(18)24(28)17-11-9-15-13-5-1-3-7-19(13)29-25(15)21(17)23;1-3-18(4-2)17(19)14-10-7-9-13-12-8-5-6-11-15(12)20-16(13)14;14-13(15)10-6-3-5-9-8-4-1-2-7-11(8)16-12(9)10;1-4(2)3;1-3-4-2;1-3-2;;/h5-8,11-18H,1-2H3;1-12H;5-11H,3-4H2,1-2H3;1-7H,(H,14,15);1-3H3;1,3-4H2,2H3;1H,2H3;;/q;;;;2*-1;;2*+1. The first kappa shape index (κ1) is 82.3. The smallest absolute Gasteiger partial charge is 0.478 e. The molecule has 6 nitrogen and oxygen atoms in total. The van der Waals surface area contributed by atoms with E-state index in [0.717, 1.165) is 101 Å². The molecule has 0 unspecified atom stereocenters. The van der Waals surface area contributed by atoms with Crippen molar-refractivity contribution in [1.82, 2.24) is 4.90 Å². The largest absolute Gasteiger partial charge is 1.00 e. The van der Waals surface area contributed by atoms with Crippen molar-refractivity contribution < 1.29 is 62.0 Å². The van der Waals surface area contributed by atoms with Gasteiger partial charge >= 0.3 is 43.7 Å². The molecule has 1 N–H and O–H groups in total. The van der Waals surface area contributed by atoms with Crippen LogP contribution in [0.1, 0.15) is 139 Å². The quantitative estimate of drug-likeness (QED) is 0.0802. The van der Waals surface area contributed by atoms with Crippen LogP contribution in [-0.2, 0) is 0 Å². The zero-order chi connectivity index (χ0) is 77.7. The molecule has 1 aliphatic rings. The van der Waals surface area contributed by atoms with Crippen molar-refractivity contribution in [2.75, 3.05) is 13.1 Å². The molecule has 0 aliphatic heterocycles. The van der Waals surface area contributed by atoms with Crippen LogP contribution in [0.25, 0.3) is 143 Å². The van der Waals surface area contributed by atoms with E-state index in [9.17, 15) is 19.2 Å². The van der Waals surface area contributed by atoms with E-state index in [1.807, 2.05) is 158 Å². The number of hydrogen-bond donors (Lipinski definition) is 1. The van der Waals surface area contributed by atoms with Gasteiger partial charge in [0.2, 0.25) is 0 Å². The summed E-state index contributed by atoms with van der Waals surface area (Å²) < 4.78 is 13.6. The van der Waals surface area contributed by atoms with Gasteiger partial charge in [0, 0.05) is 173 Å². The van der Waals surface area contributed by atoms with Crippen molar-refractivity contribution in [1.29, 1.82) is 0 Å². The van der Waals surface area contributed by atoms with Gasteiger partial charge in [-0.2, -0.15) is 27.2 Å². The number of amides is 1. The molecule has 20 rings (SSSR count). The van der Waals surface area contributed by atoms with E-state index >= 15 is 0 Å². The summed E-state index contributed by atoms with van der Waals surface area (Å²) in [6.07, 6.45) is 6.88. The predicted molar refractivity (Wildman–Crippen MR) is 486 cm³/mol. The number of carbonyl (C=O) groups is 4. The minimum Gasteiger partial charge on any atom is -0.478 e. The number of hydrogen-bond acceptors (Lipinski definition) is 10. The molecule has 0 bridgehead atoms. The van der Waals surface area contributed by atoms with Gasteiger partial charge < -0.3 is 22.8 Å². The number of ketones is 2. The molecule has 13 aromatic carbocycles.